The highest BCUT2D eigenvalue weighted by Gasteiger charge is 2.31. The number of nitrogens with zero attached hydrogens (tertiary/aromatic N) is 1. The lowest BCUT2D eigenvalue weighted by Crippen LogP contribution is -2.27. The zero-order valence-corrected chi connectivity index (χ0v) is 7.11. The zero-order chi connectivity index (χ0) is 9.26. The van der Waals surface area contributed by atoms with E-state index in [-0.39, 0.29) is 0 Å². The van der Waals surface area contributed by atoms with Gasteiger partial charge in [-0.1, -0.05) is 18.2 Å². The average Bonchev–Trinajstić information content (AvgIpc) is 2.49. The van der Waals surface area contributed by atoms with Crippen LogP contribution in [0.5, 0.6) is 0 Å². The lowest BCUT2D eigenvalue weighted by Gasteiger charge is -2.14. The number of alkyl halides is 1. The van der Waals surface area contributed by atoms with Crippen LogP contribution < -0.4 is 4.90 Å². The molecule has 0 bridgehead atoms. The smallest absolute Gasteiger partial charge is 0.261 e. The second kappa shape index (κ2) is 3.17. The van der Waals surface area contributed by atoms with Gasteiger partial charge in [0, 0.05) is 18.7 Å². The maximum absolute atomic E-state index is 12.9. The fourth-order valence-electron chi connectivity index (χ4n) is 1.51. The normalized spacial score (nSPS) is 22.4. The highest BCUT2D eigenvalue weighted by molar-refractivity contribution is 5.98. The molecule has 1 aromatic carbocycles. The molecule has 1 aliphatic rings. The Hall–Kier alpha value is -1.38. The first-order valence-electron chi connectivity index (χ1n) is 4.29. The molecule has 1 aliphatic heterocycles. The molecule has 1 fully saturated rings. The van der Waals surface area contributed by atoms with Crippen molar-refractivity contribution >= 4 is 11.6 Å². The molecule has 1 atom stereocenters. The summed E-state index contributed by atoms with van der Waals surface area (Å²) in [5.41, 5.74) is 0.785. The highest BCUT2D eigenvalue weighted by atomic mass is 19.1. The van der Waals surface area contributed by atoms with E-state index in [0.717, 1.165) is 5.69 Å². The molecule has 0 spiro atoms. The van der Waals surface area contributed by atoms with Crippen LogP contribution in [0.1, 0.15) is 6.42 Å². The Morgan fingerprint density at radius 1 is 1.31 bits per heavy atom. The van der Waals surface area contributed by atoms with E-state index in [2.05, 4.69) is 0 Å². The molecule has 0 radical (unpaired) electrons. The van der Waals surface area contributed by atoms with Gasteiger partial charge in [0.25, 0.3) is 5.91 Å². The first-order chi connectivity index (χ1) is 6.29. The third-order valence-electron chi connectivity index (χ3n) is 2.21. The summed E-state index contributed by atoms with van der Waals surface area (Å²) < 4.78 is 12.9. The van der Waals surface area contributed by atoms with Gasteiger partial charge in [0.1, 0.15) is 0 Å². The Bertz CT molecular complexity index is 312. The van der Waals surface area contributed by atoms with E-state index in [1.165, 1.54) is 4.90 Å². The molecular formula is C10H10FNO. The number of hydrogen-bond acceptors (Lipinski definition) is 1. The summed E-state index contributed by atoms with van der Waals surface area (Å²) in [4.78, 5) is 12.7. The standard InChI is InChI=1S/C10H10FNO/c11-9-6-7-12(10(9)13)8-4-2-1-3-5-8/h1-5,9H,6-7H2. The van der Waals surface area contributed by atoms with Crippen molar-refractivity contribution in [3.05, 3.63) is 30.3 Å². The molecule has 2 rings (SSSR count). The molecule has 1 saturated heterocycles. The Balaban J connectivity index is 2.24. The van der Waals surface area contributed by atoms with Gasteiger partial charge in [-0.2, -0.15) is 0 Å². The predicted octanol–water partition coefficient (Wildman–Crippen LogP) is 1.76. The average molecular weight is 179 g/mol. The Morgan fingerprint density at radius 2 is 2.00 bits per heavy atom. The SMILES string of the molecule is O=C1C(F)CCN1c1ccccc1. The summed E-state index contributed by atoms with van der Waals surface area (Å²) in [6, 6.07) is 9.19. The molecule has 1 aromatic rings. The van der Waals surface area contributed by atoms with Gasteiger partial charge in [-0.05, 0) is 12.1 Å². The maximum atomic E-state index is 12.9. The minimum Gasteiger partial charge on any atom is -0.310 e. The van der Waals surface area contributed by atoms with Crippen molar-refractivity contribution < 1.29 is 9.18 Å². The maximum Gasteiger partial charge on any atom is 0.261 e. The third-order valence-corrected chi connectivity index (χ3v) is 2.21. The van der Waals surface area contributed by atoms with Gasteiger partial charge >= 0.3 is 0 Å². The van der Waals surface area contributed by atoms with Crippen LogP contribution in [0.4, 0.5) is 10.1 Å². The summed E-state index contributed by atoms with van der Waals surface area (Å²) >= 11 is 0. The minimum absolute atomic E-state index is 0.313. The summed E-state index contributed by atoms with van der Waals surface area (Å²) in [7, 11) is 0. The quantitative estimate of drug-likeness (QED) is 0.643. The number of benzene rings is 1. The highest BCUT2D eigenvalue weighted by Crippen LogP contribution is 2.22. The van der Waals surface area contributed by atoms with Gasteiger partial charge in [-0.25, -0.2) is 4.39 Å². The minimum atomic E-state index is -1.31. The van der Waals surface area contributed by atoms with Gasteiger partial charge in [0.05, 0.1) is 0 Å². The number of carbonyl (C=O) groups is 1. The van der Waals surface area contributed by atoms with E-state index in [9.17, 15) is 9.18 Å². The molecule has 3 heteroatoms. The monoisotopic (exact) mass is 179 g/mol. The molecule has 0 saturated carbocycles. The van der Waals surface area contributed by atoms with Crippen molar-refractivity contribution in [2.24, 2.45) is 0 Å². The fraction of sp³-hybridized carbons (Fsp3) is 0.300. The van der Waals surface area contributed by atoms with Crippen LogP contribution in [0.25, 0.3) is 0 Å². The number of hydrogen-bond donors (Lipinski definition) is 0. The molecule has 0 aromatic heterocycles. The number of halogens is 1. The molecule has 1 unspecified atom stereocenters. The van der Waals surface area contributed by atoms with E-state index in [4.69, 9.17) is 0 Å². The van der Waals surface area contributed by atoms with Crippen molar-refractivity contribution in [1.29, 1.82) is 0 Å². The molecule has 68 valence electrons. The first kappa shape index (κ1) is 8.23. The number of amides is 1. The van der Waals surface area contributed by atoms with Gasteiger partial charge in [0.15, 0.2) is 6.17 Å². The van der Waals surface area contributed by atoms with Gasteiger partial charge in [0.2, 0.25) is 0 Å². The predicted molar refractivity (Wildman–Crippen MR) is 48.3 cm³/mol. The van der Waals surface area contributed by atoms with Crippen molar-refractivity contribution in [2.75, 3.05) is 11.4 Å². The van der Waals surface area contributed by atoms with Crippen LogP contribution in [0, 0.1) is 0 Å². The van der Waals surface area contributed by atoms with Gasteiger partial charge in [-0.15, -0.1) is 0 Å². The van der Waals surface area contributed by atoms with Crippen molar-refractivity contribution in [3.63, 3.8) is 0 Å². The molecule has 0 aliphatic carbocycles. The van der Waals surface area contributed by atoms with Crippen LogP contribution in [-0.4, -0.2) is 18.6 Å². The molecule has 1 amide bonds. The molecular weight excluding hydrogens is 169 g/mol. The van der Waals surface area contributed by atoms with Crippen LogP contribution >= 0.6 is 0 Å². The van der Waals surface area contributed by atoms with Crippen molar-refractivity contribution in [2.45, 2.75) is 12.6 Å². The van der Waals surface area contributed by atoms with E-state index in [1.807, 2.05) is 30.3 Å². The molecule has 13 heavy (non-hydrogen) atoms. The first-order valence-corrected chi connectivity index (χ1v) is 4.29. The molecule has 0 N–H and O–H groups in total. The third kappa shape index (κ3) is 1.41. The number of anilines is 1. The second-order valence-corrected chi connectivity index (χ2v) is 3.08. The summed E-state index contributed by atoms with van der Waals surface area (Å²) in [5, 5.41) is 0. The van der Waals surface area contributed by atoms with Crippen LogP contribution in [0.3, 0.4) is 0 Å². The number of carbonyl (C=O) groups excluding carboxylic acids is 1. The number of para-hydroxylation sites is 1. The van der Waals surface area contributed by atoms with Crippen molar-refractivity contribution in [1.82, 2.24) is 0 Å². The molecule has 2 nitrogen and oxygen atoms in total. The van der Waals surface area contributed by atoms with Crippen LogP contribution in [0.15, 0.2) is 30.3 Å². The fourth-order valence-corrected chi connectivity index (χ4v) is 1.51. The lowest BCUT2D eigenvalue weighted by molar-refractivity contribution is -0.121. The van der Waals surface area contributed by atoms with Gasteiger partial charge in [-0.3, -0.25) is 4.79 Å². The summed E-state index contributed by atoms with van der Waals surface area (Å²) in [5.74, 6) is -0.411. The Labute approximate surface area is 76.0 Å². The number of rotatable bonds is 1. The lowest BCUT2D eigenvalue weighted by atomic mass is 10.3. The van der Waals surface area contributed by atoms with E-state index in [1.54, 1.807) is 0 Å². The van der Waals surface area contributed by atoms with E-state index < -0.39 is 12.1 Å². The topological polar surface area (TPSA) is 20.3 Å². The molecule has 1 heterocycles. The second-order valence-electron chi connectivity index (χ2n) is 3.08. The Morgan fingerprint density at radius 3 is 2.54 bits per heavy atom. The van der Waals surface area contributed by atoms with E-state index in [0.29, 0.717) is 13.0 Å². The summed E-state index contributed by atoms with van der Waals surface area (Å²) in [6.07, 6.45) is -0.992. The summed E-state index contributed by atoms with van der Waals surface area (Å²) in [6.45, 7) is 0.490. The Kier molecular flexibility index (Phi) is 2.00. The largest absolute Gasteiger partial charge is 0.310 e. The van der Waals surface area contributed by atoms with Crippen molar-refractivity contribution in [3.8, 4) is 0 Å². The van der Waals surface area contributed by atoms with Crippen LogP contribution in [-0.2, 0) is 4.79 Å². The van der Waals surface area contributed by atoms with E-state index >= 15 is 0 Å². The van der Waals surface area contributed by atoms with Crippen LogP contribution in [0.2, 0.25) is 0 Å². The van der Waals surface area contributed by atoms with Gasteiger partial charge < -0.3 is 4.90 Å². The zero-order valence-electron chi connectivity index (χ0n) is 7.11.